The molecule has 1 fully saturated rings. The van der Waals surface area contributed by atoms with Crippen molar-refractivity contribution in [3.05, 3.63) is 75.9 Å². The van der Waals surface area contributed by atoms with Gasteiger partial charge in [0.15, 0.2) is 10.7 Å². The van der Waals surface area contributed by atoms with Gasteiger partial charge < -0.3 is 14.3 Å². The van der Waals surface area contributed by atoms with E-state index in [1.165, 1.54) is 22.7 Å². The minimum absolute atomic E-state index is 0.136. The zero-order chi connectivity index (χ0) is 24.7. The number of furan rings is 1. The molecule has 178 valence electrons. The zero-order valence-corrected chi connectivity index (χ0v) is 20.2. The van der Waals surface area contributed by atoms with E-state index in [2.05, 4.69) is 27.1 Å². The van der Waals surface area contributed by atoms with Crippen LogP contribution in [-0.2, 0) is 21.6 Å². The van der Waals surface area contributed by atoms with E-state index >= 15 is 0 Å². The third-order valence-electron chi connectivity index (χ3n) is 5.86. The number of hydrogen-bond donors (Lipinski definition) is 2. The maximum atomic E-state index is 12.5. The molecule has 10 heteroatoms. The number of nitrogens with one attached hydrogen (secondary N) is 1. The Morgan fingerprint density at radius 1 is 1.06 bits per heavy atom. The highest BCUT2D eigenvalue weighted by molar-refractivity contribution is 7.38. The predicted octanol–water partition coefficient (Wildman–Crippen LogP) is 5.76. The van der Waals surface area contributed by atoms with Gasteiger partial charge in [-0.1, -0.05) is 53.8 Å². The number of benzene rings is 2. The molecule has 3 heterocycles. The fourth-order valence-electron chi connectivity index (χ4n) is 3.77. The Morgan fingerprint density at radius 3 is 2.58 bits per heavy atom. The van der Waals surface area contributed by atoms with Crippen LogP contribution in [0.2, 0.25) is 0 Å². The molecule has 0 bridgehead atoms. The monoisotopic (exact) mass is 515 g/mol. The average Bonchev–Trinajstić information content (AvgIpc) is 3.32. The van der Waals surface area contributed by atoms with Gasteiger partial charge in [-0.25, -0.2) is 14.8 Å². The molecule has 0 spiro atoms. The zero-order valence-electron chi connectivity index (χ0n) is 18.6. The molecule has 0 radical (unpaired) electrons. The molecule has 8 nitrogen and oxygen atoms in total. The molecular weight excluding hydrogens is 498 g/mol. The quantitative estimate of drug-likeness (QED) is 0.286. The minimum Gasteiger partial charge on any atom is -0.481 e. The van der Waals surface area contributed by atoms with E-state index in [9.17, 15) is 14.7 Å². The van der Waals surface area contributed by atoms with Crippen molar-refractivity contribution in [1.82, 2.24) is 9.97 Å². The number of ether oxygens (including phenoxy) is 1. The van der Waals surface area contributed by atoms with Crippen LogP contribution in [-0.4, -0.2) is 27.1 Å². The normalized spacial score (nSPS) is 13.8. The number of carbonyl (C=O) groups is 2. The summed E-state index contributed by atoms with van der Waals surface area (Å²) < 4.78 is 12.1. The molecule has 36 heavy (non-hydrogen) atoms. The number of carbonyl (C=O) groups excluding carboxylic acids is 1. The number of para-hydroxylation sites is 1. The standard InChI is InChI=1S/C26H17N3O5S2/c30-24(31)26(12-13-26)23-29-21-22(36-23)35-19(27-21)11-10-18-20(16-8-4-5-9-17(16)34-18)28-25(32)33-14-15-6-2-1-3-7-15/h1-9H,12-14H2,(H,28,32)(H,30,31). The molecule has 0 atom stereocenters. The van der Waals surface area contributed by atoms with E-state index in [-0.39, 0.29) is 12.4 Å². The van der Waals surface area contributed by atoms with Gasteiger partial charge in [0.05, 0.1) is 0 Å². The number of aromatic nitrogens is 2. The molecule has 1 aliphatic rings. The fourth-order valence-corrected chi connectivity index (χ4v) is 5.98. The second kappa shape index (κ2) is 8.78. The summed E-state index contributed by atoms with van der Waals surface area (Å²) in [4.78, 5) is 33.0. The smallest absolute Gasteiger partial charge is 0.412 e. The van der Waals surface area contributed by atoms with Crippen molar-refractivity contribution in [2.75, 3.05) is 5.32 Å². The largest absolute Gasteiger partial charge is 0.481 e. The van der Waals surface area contributed by atoms with Crippen LogP contribution < -0.4 is 5.32 Å². The second-order valence-electron chi connectivity index (χ2n) is 8.28. The number of amides is 1. The Balaban J connectivity index is 1.25. The van der Waals surface area contributed by atoms with E-state index in [0.717, 1.165) is 9.58 Å². The van der Waals surface area contributed by atoms with Gasteiger partial charge in [0, 0.05) is 5.39 Å². The summed E-state index contributed by atoms with van der Waals surface area (Å²) in [6, 6.07) is 16.7. The topological polar surface area (TPSA) is 115 Å². The summed E-state index contributed by atoms with van der Waals surface area (Å²) in [6.45, 7) is 0.136. The number of nitrogens with zero attached hydrogens (tertiary/aromatic N) is 2. The van der Waals surface area contributed by atoms with E-state index in [0.29, 0.717) is 45.2 Å². The summed E-state index contributed by atoms with van der Waals surface area (Å²) >= 11 is 2.71. The first-order valence-corrected chi connectivity index (χ1v) is 12.7. The summed E-state index contributed by atoms with van der Waals surface area (Å²) in [5.74, 6) is 5.40. The van der Waals surface area contributed by atoms with Crippen molar-refractivity contribution < 1.29 is 23.8 Å². The lowest BCUT2D eigenvalue weighted by Crippen LogP contribution is -2.18. The lowest BCUT2D eigenvalue weighted by Gasteiger charge is -2.06. The number of carboxylic acid groups (broad SMARTS) is 1. The van der Waals surface area contributed by atoms with Gasteiger partial charge >= 0.3 is 12.1 Å². The summed E-state index contributed by atoms with van der Waals surface area (Å²) in [7, 11) is 0. The number of anilines is 1. The molecule has 2 aromatic carbocycles. The van der Waals surface area contributed by atoms with Crippen molar-refractivity contribution in [3.8, 4) is 11.8 Å². The van der Waals surface area contributed by atoms with Crippen molar-refractivity contribution in [3.63, 3.8) is 0 Å². The van der Waals surface area contributed by atoms with Crippen LogP contribution in [0.3, 0.4) is 0 Å². The molecule has 0 saturated heterocycles. The Labute approximate surface area is 212 Å². The van der Waals surface area contributed by atoms with Gasteiger partial charge in [-0.05, 0) is 42.4 Å². The molecule has 5 aromatic rings. The molecule has 0 aliphatic heterocycles. The Hall–Kier alpha value is -4.20. The molecule has 2 N–H and O–H groups in total. The molecule has 1 aliphatic carbocycles. The van der Waals surface area contributed by atoms with E-state index in [4.69, 9.17) is 9.15 Å². The van der Waals surface area contributed by atoms with Gasteiger partial charge in [0.1, 0.15) is 32.3 Å². The maximum Gasteiger partial charge on any atom is 0.412 e. The predicted molar refractivity (Wildman–Crippen MR) is 136 cm³/mol. The number of aliphatic carboxylic acids is 1. The lowest BCUT2D eigenvalue weighted by molar-refractivity contribution is -0.140. The Kier molecular flexibility index (Phi) is 5.44. The van der Waals surface area contributed by atoms with Gasteiger partial charge in [0.2, 0.25) is 5.76 Å². The van der Waals surface area contributed by atoms with E-state index in [1.54, 1.807) is 6.07 Å². The molecule has 1 amide bonds. The van der Waals surface area contributed by atoms with Crippen LogP contribution in [0.4, 0.5) is 10.5 Å². The van der Waals surface area contributed by atoms with E-state index < -0.39 is 17.5 Å². The van der Waals surface area contributed by atoms with Crippen molar-refractivity contribution >= 4 is 61.1 Å². The highest BCUT2D eigenvalue weighted by atomic mass is 32.2. The summed E-state index contributed by atoms with van der Waals surface area (Å²) in [6.07, 6.45) is 0.587. The number of fused-ring (bicyclic) bond motifs is 2. The fraction of sp³-hybridized carbons (Fsp3) is 0.154. The van der Waals surface area contributed by atoms with Crippen LogP contribution in [0.15, 0.2) is 59.0 Å². The second-order valence-corrected chi connectivity index (χ2v) is 10.5. The van der Waals surface area contributed by atoms with E-state index in [1.807, 2.05) is 48.5 Å². The first kappa shape index (κ1) is 22.3. The SMILES string of the molecule is O=C(Nc1c(C#Cc2nc3nc(C4(C(=O)O)CC4)sc3s2)oc2ccccc12)OCc1ccccc1. The van der Waals surface area contributed by atoms with Crippen LogP contribution in [0.5, 0.6) is 0 Å². The average molecular weight is 516 g/mol. The first-order valence-electron chi connectivity index (χ1n) is 11.0. The molecular formula is C26H17N3O5S2. The third kappa shape index (κ3) is 4.08. The molecule has 3 aromatic heterocycles. The van der Waals surface area contributed by atoms with Crippen LogP contribution in [0.25, 0.3) is 20.6 Å². The number of rotatable bonds is 5. The number of hydrogen-bond acceptors (Lipinski definition) is 8. The summed E-state index contributed by atoms with van der Waals surface area (Å²) in [5, 5.41) is 14.1. The Morgan fingerprint density at radius 2 is 1.83 bits per heavy atom. The van der Waals surface area contributed by atoms with Crippen LogP contribution in [0, 0.1) is 11.8 Å². The minimum atomic E-state index is -0.846. The number of carboxylic acids is 1. The molecule has 6 rings (SSSR count). The van der Waals surface area contributed by atoms with Crippen LogP contribution >= 0.6 is 22.7 Å². The third-order valence-corrected chi connectivity index (χ3v) is 8.16. The lowest BCUT2D eigenvalue weighted by atomic mass is 10.1. The number of thiazole rings is 2. The highest BCUT2D eigenvalue weighted by Crippen LogP contribution is 2.51. The van der Waals surface area contributed by atoms with Gasteiger partial charge in [-0.2, -0.15) is 0 Å². The molecule has 0 unspecified atom stereocenters. The van der Waals surface area contributed by atoms with Crippen molar-refractivity contribution in [2.45, 2.75) is 24.9 Å². The van der Waals surface area contributed by atoms with Crippen molar-refractivity contribution in [2.24, 2.45) is 0 Å². The van der Waals surface area contributed by atoms with Gasteiger partial charge in [-0.3, -0.25) is 10.1 Å². The first-order chi connectivity index (χ1) is 17.5. The Bertz CT molecular complexity index is 1650. The van der Waals surface area contributed by atoms with Crippen LogP contribution in [0.1, 0.15) is 34.2 Å². The summed E-state index contributed by atoms with van der Waals surface area (Å²) in [5.41, 5.74) is 1.54. The van der Waals surface area contributed by atoms with Crippen molar-refractivity contribution in [1.29, 1.82) is 0 Å². The van der Waals surface area contributed by atoms with Gasteiger partial charge in [-0.15, -0.1) is 11.3 Å². The maximum absolute atomic E-state index is 12.5. The highest BCUT2D eigenvalue weighted by Gasteiger charge is 2.54. The molecule has 1 saturated carbocycles. The van der Waals surface area contributed by atoms with Gasteiger partial charge in [0.25, 0.3) is 0 Å².